The van der Waals surface area contributed by atoms with Gasteiger partial charge in [-0.15, -0.1) is 11.3 Å². The molecule has 0 spiro atoms. The van der Waals surface area contributed by atoms with E-state index in [0.29, 0.717) is 5.56 Å². The molecule has 2 aromatic rings. The van der Waals surface area contributed by atoms with Crippen molar-refractivity contribution in [3.63, 3.8) is 0 Å². The number of hydrogen-bond acceptors (Lipinski definition) is 3. The second-order valence-corrected chi connectivity index (χ2v) is 9.56. The Morgan fingerprint density at radius 2 is 1.65 bits per heavy atom. The van der Waals surface area contributed by atoms with Gasteiger partial charge in [0.15, 0.2) is 0 Å². The van der Waals surface area contributed by atoms with Crippen LogP contribution in [0.25, 0.3) is 12.2 Å². The number of fused-ring (bicyclic) bond motifs is 1. The van der Waals surface area contributed by atoms with Crippen molar-refractivity contribution in [1.29, 1.82) is 0 Å². The Balaban J connectivity index is 1.93. The number of methoxy groups -OCH3 is 1. The number of ether oxygens (including phenoxy) is 1. The maximum atomic E-state index is 11.5. The number of carbonyl (C=O) groups excluding carboxylic acids is 1. The third-order valence-corrected chi connectivity index (χ3v) is 7.23. The molecule has 1 heterocycles. The summed E-state index contributed by atoms with van der Waals surface area (Å²) in [5.41, 5.74) is 5.15. The molecule has 1 aliphatic carbocycles. The van der Waals surface area contributed by atoms with Crippen molar-refractivity contribution < 1.29 is 9.53 Å². The maximum Gasteiger partial charge on any atom is 0.337 e. The van der Waals surface area contributed by atoms with Crippen molar-refractivity contribution >= 4 is 29.5 Å². The van der Waals surface area contributed by atoms with Crippen LogP contribution in [0.5, 0.6) is 0 Å². The van der Waals surface area contributed by atoms with Crippen molar-refractivity contribution in [3.05, 3.63) is 56.3 Å². The molecule has 1 aliphatic rings. The third kappa shape index (κ3) is 3.37. The lowest BCUT2D eigenvalue weighted by Crippen LogP contribution is -2.32. The van der Waals surface area contributed by atoms with E-state index in [1.165, 1.54) is 30.4 Å². The van der Waals surface area contributed by atoms with Crippen LogP contribution in [0.3, 0.4) is 0 Å². The van der Waals surface area contributed by atoms with Crippen LogP contribution in [-0.4, -0.2) is 13.1 Å². The Labute approximate surface area is 160 Å². The van der Waals surface area contributed by atoms with E-state index in [0.717, 1.165) is 5.56 Å². The summed E-state index contributed by atoms with van der Waals surface area (Å²) in [5.74, 6) is -0.299. The van der Waals surface area contributed by atoms with E-state index in [4.69, 9.17) is 4.74 Å². The number of hydrogen-bond donors (Lipinski definition) is 0. The summed E-state index contributed by atoms with van der Waals surface area (Å²) in [6.07, 6.45) is 6.83. The zero-order chi connectivity index (χ0) is 19.1. The molecule has 0 aliphatic heterocycles. The second kappa shape index (κ2) is 6.70. The molecule has 0 unspecified atom stereocenters. The highest BCUT2D eigenvalue weighted by Gasteiger charge is 2.40. The van der Waals surface area contributed by atoms with Gasteiger partial charge in [0.05, 0.1) is 12.7 Å². The Hall–Kier alpha value is -1.87. The fourth-order valence-electron chi connectivity index (χ4n) is 3.87. The molecule has 3 rings (SSSR count). The van der Waals surface area contributed by atoms with E-state index in [1.54, 1.807) is 10.4 Å². The Morgan fingerprint density at radius 3 is 2.23 bits per heavy atom. The van der Waals surface area contributed by atoms with Crippen molar-refractivity contribution in [3.8, 4) is 0 Å². The summed E-state index contributed by atoms with van der Waals surface area (Å²) in [5, 5.41) is 0. The zero-order valence-corrected chi connectivity index (χ0v) is 17.4. The number of thiophene rings is 1. The van der Waals surface area contributed by atoms with Crippen LogP contribution < -0.4 is 0 Å². The highest BCUT2D eigenvalue weighted by Crippen LogP contribution is 2.51. The molecule has 0 N–H and O–H groups in total. The molecular weight excluding hydrogens is 340 g/mol. The SMILES string of the molecule is COC(=O)c1ccc(C=Cc2sc3c(c2C)C(C)(C)CCC3(C)C)cc1. The molecule has 0 atom stereocenters. The van der Waals surface area contributed by atoms with Crippen molar-refractivity contribution in [2.24, 2.45) is 0 Å². The Kier molecular flexibility index (Phi) is 4.87. The van der Waals surface area contributed by atoms with E-state index >= 15 is 0 Å². The molecule has 26 heavy (non-hydrogen) atoms. The molecular formula is C23H28O2S. The summed E-state index contributed by atoms with van der Waals surface area (Å²) >= 11 is 1.94. The minimum absolute atomic E-state index is 0.250. The van der Waals surface area contributed by atoms with Crippen molar-refractivity contribution in [1.82, 2.24) is 0 Å². The fourth-order valence-corrected chi connectivity index (χ4v) is 5.39. The van der Waals surface area contributed by atoms with Gasteiger partial charge in [0.2, 0.25) is 0 Å². The zero-order valence-electron chi connectivity index (χ0n) is 16.6. The normalized spacial score (nSPS) is 17.9. The summed E-state index contributed by atoms with van der Waals surface area (Å²) < 4.78 is 4.75. The predicted molar refractivity (Wildman–Crippen MR) is 111 cm³/mol. The van der Waals surface area contributed by atoms with Gasteiger partial charge in [0.1, 0.15) is 0 Å². The summed E-state index contributed by atoms with van der Waals surface area (Å²) in [6.45, 7) is 11.8. The van der Waals surface area contributed by atoms with E-state index < -0.39 is 0 Å². The molecule has 1 aromatic carbocycles. The van der Waals surface area contributed by atoms with Crippen LogP contribution in [0.4, 0.5) is 0 Å². The van der Waals surface area contributed by atoms with Crippen LogP contribution in [0.2, 0.25) is 0 Å². The van der Waals surface area contributed by atoms with Crippen LogP contribution >= 0.6 is 11.3 Å². The minimum atomic E-state index is -0.299. The fraction of sp³-hybridized carbons (Fsp3) is 0.435. The lowest BCUT2D eigenvalue weighted by Gasteiger charge is -2.39. The average Bonchev–Trinajstić information content (AvgIpc) is 2.96. The lowest BCUT2D eigenvalue weighted by molar-refractivity contribution is 0.0600. The number of carbonyl (C=O) groups is 1. The number of esters is 1. The predicted octanol–water partition coefficient (Wildman–Crippen LogP) is 6.36. The summed E-state index contributed by atoms with van der Waals surface area (Å²) in [7, 11) is 1.40. The number of rotatable bonds is 3. The van der Waals surface area contributed by atoms with Gasteiger partial charge >= 0.3 is 5.97 Å². The molecule has 0 saturated heterocycles. The van der Waals surface area contributed by atoms with Gasteiger partial charge in [-0.25, -0.2) is 4.79 Å². The van der Waals surface area contributed by atoms with Gasteiger partial charge in [0.25, 0.3) is 0 Å². The summed E-state index contributed by atoms with van der Waals surface area (Å²) in [4.78, 5) is 14.4. The molecule has 0 saturated carbocycles. The third-order valence-electron chi connectivity index (χ3n) is 5.61. The van der Waals surface area contributed by atoms with Gasteiger partial charge < -0.3 is 4.74 Å². The lowest BCUT2D eigenvalue weighted by atomic mass is 9.66. The van der Waals surface area contributed by atoms with Crippen LogP contribution in [0.1, 0.15) is 77.3 Å². The van der Waals surface area contributed by atoms with Gasteiger partial charge in [-0.1, -0.05) is 45.9 Å². The maximum absolute atomic E-state index is 11.5. The minimum Gasteiger partial charge on any atom is -0.465 e. The van der Waals surface area contributed by atoms with Gasteiger partial charge in [-0.2, -0.15) is 0 Å². The highest BCUT2D eigenvalue weighted by molar-refractivity contribution is 7.13. The smallest absolute Gasteiger partial charge is 0.337 e. The van der Waals surface area contributed by atoms with E-state index in [9.17, 15) is 4.79 Å². The molecule has 3 heteroatoms. The monoisotopic (exact) mass is 368 g/mol. The first-order valence-corrected chi connectivity index (χ1v) is 9.98. The molecule has 1 aromatic heterocycles. The topological polar surface area (TPSA) is 26.3 Å². The Bertz CT molecular complexity index is 851. The molecule has 0 amide bonds. The second-order valence-electron chi connectivity index (χ2n) is 8.51. The van der Waals surface area contributed by atoms with Gasteiger partial charge in [0, 0.05) is 9.75 Å². The van der Waals surface area contributed by atoms with E-state index in [2.05, 4.69) is 46.8 Å². The van der Waals surface area contributed by atoms with E-state index in [-0.39, 0.29) is 16.8 Å². The molecule has 2 nitrogen and oxygen atoms in total. The van der Waals surface area contributed by atoms with Crippen LogP contribution in [0, 0.1) is 6.92 Å². The molecule has 138 valence electrons. The van der Waals surface area contributed by atoms with E-state index in [1.807, 2.05) is 35.6 Å². The molecule has 0 fully saturated rings. The van der Waals surface area contributed by atoms with Crippen LogP contribution in [-0.2, 0) is 15.6 Å². The first-order valence-electron chi connectivity index (χ1n) is 9.16. The first kappa shape index (κ1) is 18.9. The van der Waals surface area contributed by atoms with Crippen molar-refractivity contribution in [2.45, 2.75) is 58.3 Å². The van der Waals surface area contributed by atoms with Crippen LogP contribution in [0.15, 0.2) is 24.3 Å². The Morgan fingerprint density at radius 1 is 1.04 bits per heavy atom. The quantitative estimate of drug-likeness (QED) is 0.589. The number of benzene rings is 1. The highest BCUT2D eigenvalue weighted by atomic mass is 32.1. The van der Waals surface area contributed by atoms with Gasteiger partial charge in [-0.05, 0) is 65.5 Å². The average molecular weight is 369 g/mol. The standard InChI is InChI=1S/C23H28O2S/c1-15-18(12-9-16-7-10-17(11-8-16)21(24)25-6)26-20-19(15)22(2,3)13-14-23(20,4)5/h7-12H,13-14H2,1-6H3. The summed E-state index contributed by atoms with van der Waals surface area (Å²) in [6, 6.07) is 7.53. The van der Waals surface area contributed by atoms with Crippen molar-refractivity contribution in [2.75, 3.05) is 7.11 Å². The largest absolute Gasteiger partial charge is 0.465 e. The molecule has 0 bridgehead atoms. The molecule has 0 radical (unpaired) electrons. The van der Waals surface area contributed by atoms with Gasteiger partial charge in [-0.3, -0.25) is 0 Å². The first-order chi connectivity index (χ1) is 12.2.